The molecule has 0 saturated heterocycles. The van der Waals surface area contributed by atoms with Crippen molar-refractivity contribution in [2.24, 2.45) is 5.73 Å². The molecule has 0 radical (unpaired) electrons. The zero-order valence-corrected chi connectivity index (χ0v) is 19.8. The Kier molecular flexibility index (Phi) is 8.07. The second-order valence-corrected chi connectivity index (χ2v) is 8.81. The lowest BCUT2D eigenvalue weighted by Gasteiger charge is -2.26. The van der Waals surface area contributed by atoms with Crippen molar-refractivity contribution < 1.29 is 19.1 Å². The topological polar surface area (TPSA) is 126 Å². The Morgan fingerprint density at radius 1 is 0.971 bits per heavy atom. The molecule has 1 unspecified atom stereocenters. The molecule has 0 aliphatic heterocycles. The van der Waals surface area contributed by atoms with Crippen LogP contribution in [-0.4, -0.2) is 47.0 Å². The molecule has 1 aromatic heterocycles. The molecule has 5 N–H and O–H groups in total. The minimum Gasteiger partial charge on any atom is -0.464 e. The fourth-order valence-corrected chi connectivity index (χ4v) is 3.63. The number of rotatable bonds is 10. The van der Waals surface area contributed by atoms with E-state index < -0.39 is 35.4 Å². The Morgan fingerprint density at radius 2 is 1.65 bits per heavy atom. The number of para-hydroxylation sites is 1. The number of carbonyl (C=O) groups is 3. The van der Waals surface area contributed by atoms with E-state index >= 15 is 0 Å². The van der Waals surface area contributed by atoms with Crippen molar-refractivity contribution in [2.75, 3.05) is 6.61 Å². The van der Waals surface area contributed by atoms with Crippen molar-refractivity contribution in [1.29, 1.82) is 0 Å². The Bertz CT molecular complexity index is 1130. The summed E-state index contributed by atoms with van der Waals surface area (Å²) in [5.74, 6) is -1.49. The zero-order chi connectivity index (χ0) is 24.7. The second kappa shape index (κ2) is 11.0. The SMILES string of the molecule is CCOC(=O)[C@H](Cc1ccccc1)NC(=O)C(Cc1c[nH]c2ccccc12)NC(=O)C(C)(C)N. The Labute approximate surface area is 199 Å². The number of amides is 2. The molecule has 3 rings (SSSR count). The van der Waals surface area contributed by atoms with E-state index in [1.165, 1.54) is 0 Å². The van der Waals surface area contributed by atoms with E-state index in [1.54, 1.807) is 20.8 Å². The Morgan fingerprint density at radius 3 is 2.32 bits per heavy atom. The smallest absolute Gasteiger partial charge is 0.328 e. The van der Waals surface area contributed by atoms with Crippen LogP contribution in [0.5, 0.6) is 0 Å². The summed E-state index contributed by atoms with van der Waals surface area (Å²) in [4.78, 5) is 41.9. The normalized spacial score (nSPS) is 13.2. The molecule has 2 atom stereocenters. The molecule has 2 amide bonds. The minimum atomic E-state index is -1.18. The number of aromatic amines is 1. The second-order valence-electron chi connectivity index (χ2n) is 8.81. The fourth-order valence-electron chi connectivity index (χ4n) is 3.63. The molecule has 8 nitrogen and oxygen atoms in total. The van der Waals surface area contributed by atoms with Crippen LogP contribution in [0.2, 0.25) is 0 Å². The summed E-state index contributed by atoms with van der Waals surface area (Å²) < 4.78 is 5.19. The first-order valence-corrected chi connectivity index (χ1v) is 11.3. The van der Waals surface area contributed by atoms with Gasteiger partial charge in [-0.05, 0) is 38.0 Å². The Hall–Kier alpha value is -3.65. The molecule has 2 aromatic carbocycles. The van der Waals surface area contributed by atoms with E-state index in [0.29, 0.717) is 0 Å². The van der Waals surface area contributed by atoms with E-state index in [1.807, 2.05) is 60.8 Å². The lowest BCUT2D eigenvalue weighted by atomic mass is 10.0. The number of H-pyrrole nitrogens is 1. The molecule has 0 aliphatic carbocycles. The number of hydrogen-bond acceptors (Lipinski definition) is 5. The Balaban J connectivity index is 1.85. The number of esters is 1. The molecule has 34 heavy (non-hydrogen) atoms. The van der Waals surface area contributed by atoms with Gasteiger partial charge in [0.2, 0.25) is 11.8 Å². The lowest BCUT2D eigenvalue weighted by molar-refractivity contribution is -0.147. The van der Waals surface area contributed by atoms with Crippen molar-refractivity contribution in [3.05, 3.63) is 71.9 Å². The summed E-state index contributed by atoms with van der Waals surface area (Å²) in [5, 5.41) is 6.50. The average molecular weight is 465 g/mol. The molecule has 0 bridgehead atoms. The third kappa shape index (κ3) is 6.45. The summed E-state index contributed by atoms with van der Waals surface area (Å²) in [6, 6.07) is 15.2. The first kappa shape index (κ1) is 25.0. The van der Waals surface area contributed by atoms with Crippen molar-refractivity contribution in [2.45, 2.75) is 51.2 Å². The summed E-state index contributed by atoms with van der Waals surface area (Å²) in [6.45, 7) is 5.04. The van der Waals surface area contributed by atoms with Crippen molar-refractivity contribution in [3.8, 4) is 0 Å². The molecule has 1 heterocycles. The van der Waals surface area contributed by atoms with E-state index in [-0.39, 0.29) is 19.4 Å². The summed E-state index contributed by atoms with van der Waals surface area (Å²) in [6.07, 6.45) is 2.30. The highest BCUT2D eigenvalue weighted by Gasteiger charge is 2.31. The molecule has 180 valence electrons. The molecule has 0 spiro atoms. The van der Waals surface area contributed by atoms with Crippen molar-refractivity contribution in [1.82, 2.24) is 15.6 Å². The van der Waals surface area contributed by atoms with Crippen LogP contribution in [0, 0.1) is 0 Å². The first-order chi connectivity index (χ1) is 16.2. The van der Waals surface area contributed by atoms with Crippen molar-refractivity contribution >= 4 is 28.7 Å². The highest BCUT2D eigenvalue weighted by Crippen LogP contribution is 2.19. The van der Waals surface area contributed by atoms with Crippen molar-refractivity contribution in [3.63, 3.8) is 0 Å². The maximum Gasteiger partial charge on any atom is 0.328 e. The third-order valence-corrected chi connectivity index (χ3v) is 5.48. The first-order valence-electron chi connectivity index (χ1n) is 11.3. The highest BCUT2D eigenvalue weighted by molar-refractivity contribution is 5.94. The van der Waals surface area contributed by atoms with Gasteiger partial charge in [-0.3, -0.25) is 9.59 Å². The number of carbonyl (C=O) groups excluding carboxylic acids is 3. The van der Waals surface area contributed by atoms with Gasteiger partial charge in [0.15, 0.2) is 0 Å². The van der Waals surface area contributed by atoms with E-state index in [9.17, 15) is 14.4 Å². The maximum absolute atomic E-state index is 13.4. The number of hydrogen-bond donors (Lipinski definition) is 4. The summed E-state index contributed by atoms with van der Waals surface area (Å²) in [5.41, 5.74) is 7.45. The number of aromatic nitrogens is 1. The third-order valence-electron chi connectivity index (χ3n) is 5.48. The van der Waals surface area contributed by atoms with Crippen LogP contribution < -0.4 is 16.4 Å². The molecule has 0 aliphatic rings. The van der Waals surface area contributed by atoms with Crippen LogP contribution in [-0.2, 0) is 32.0 Å². The van der Waals surface area contributed by atoms with Crippen LogP contribution in [0.25, 0.3) is 10.9 Å². The van der Waals surface area contributed by atoms with Gasteiger partial charge in [-0.1, -0.05) is 48.5 Å². The highest BCUT2D eigenvalue weighted by atomic mass is 16.5. The predicted molar refractivity (Wildman–Crippen MR) is 131 cm³/mol. The molecule has 3 aromatic rings. The van der Waals surface area contributed by atoms with E-state index in [2.05, 4.69) is 15.6 Å². The van der Waals surface area contributed by atoms with Gasteiger partial charge in [0.05, 0.1) is 12.1 Å². The number of fused-ring (bicyclic) bond motifs is 1. The average Bonchev–Trinajstić information content (AvgIpc) is 3.21. The number of nitrogens with one attached hydrogen (secondary N) is 3. The summed E-state index contributed by atoms with van der Waals surface area (Å²) in [7, 11) is 0. The van der Waals surface area contributed by atoms with Crippen LogP contribution in [0.4, 0.5) is 0 Å². The van der Waals surface area contributed by atoms with Gasteiger partial charge in [0.25, 0.3) is 0 Å². The zero-order valence-electron chi connectivity index (χ0n) is 19.8. The molecule has 0 fully saturated rings. The largest absolute Gasteiger partial charge is 0.464 e. The van der Waals surface area contributed by atoms with Gasteiger partial charge in [-0.25, -0.2) is 4.79 Å². The fraction of sp³-hybridized carbons (Fsp3) is 0.346. The van der Waals surface area contributed by atoms with Crippen LogP contribution >= 0.6 is 0 Å². The quantitative estimate of drug-likeness (QED) is 0.342. The van der Waals surface area contributed by atoms with Crippen LogP contribution in [0.1, 0.15) is 31.9 Å². The number of benzene rings is 2. The number of nitrogens with two attached hydrogens (primary N) is 1. The molecule has 8 heteroatoms. The van der Waals surface area contributed by atoms with Gasteiger partial charge in [0.1, 0.15) is 12.1 Å². The lowest BCUT2D eigenvalue weighted by Crippen LogP contribution is -2.58. The molecular weight excluding hydrogens is 432 g/mol. The van der Waals surface area contributed by atoms with Gasteiger partial charge in [0, 0.05) is 29.9 Å². The standard InChI is InChI=1S/C26H32N4O4/c1-4-34-24(32)22(14-17-10-6-5-7-11-17)29-23(31)21(30-25(33)26(2,3)27)15-18-16-28-20-13-9-8-12-19(18)20/h5-13,16,21-22,28H,4,14-15,27H2,1-3H3,(H,29,31)(H,30,33)/t21?,22-/m0/s1. The predicted octanol–water partition coefficient (Wildman–Crippen LogP) is 2.22. The summed E-state index contributed by atoms with van der Waals surface area (Å²) >= 11 is 0. The maximum atomic E-state index is 13.4. The van der Waals surface area contributed by atoms with Gasteiger partial charge in [-0.15, -0.1) is 0 Å². The van der Waals surface area contributed by atoms with Gasteiger partial charge < -0.3 is 26.1 Å². The van der Waals surface area contributed by atoms with Gasteiger partial charge >= 0.3 is 5.97 Å². The van der Waals surface area contributed by atoms with Crippen LogP contribution in [0.3, 0.4) is 0 Å². The minimum absolute atomic E-state index is 0.191. The monoisotopic (exact) mass is 464 g/mol. The van der Waals surface area contributed by atoms with E-state index in [4.69, 9.17) is 10.5 Å². The van der Waals surface area contributed by atoms with Crippen LogP contribution in [0.15, 0.2) is 60.8 Å². The molecule has 0 saturated carbocycles. The van der Waals surface area contributed by atoms with E-state index in [0.717, 1.165) is 22.0 Å². The van der Waals surface area contributed by atoms with Gasteiger partial charge in [-0.2, -0.15) is 0 Å². The number of ether oxygens (including phenoxy) is 1. The molecular formula is C26H32N4O4.